The van der Waals surface area contributed by atoms with Crippen LogP contribution >= 0.6 is 0 Å². The summed E-state index contributed by atoms with van der Waals surface area (Å²) in [6.45, 7) is 0. The molecular weight excluding hydrogens is 324 g/mol. The third kappa shape index (κ3) is 1.73. The predicted molar refractivity (Wildman–Crippen MR) is 102 cm³/mol. The van der Waals surface area contributed by atoms with Crippen molar-refractivity contribution in [3.8, 4) is 11.1 Å². The van der Waals surface area contributed by atoms with Crippen LogP contribution in [0.1, 0.15) is 0 Å². The largest absolute Gasteiger partial charge is 0.454 e. The fourth-order valence-corrected chi connectivity index (χ4v) is 3.63. The Balaban J connectivity index is 1.76. The van der Waals surface area contributed by atoms with Crippen molar-refractivity contribution in [1.82, 2.24) is 9.97 Å². The molecular formula is C22H12N2O2. The number of furan rings is 2. The molecule has 122 valence electrons. The van der Waals surface area contributed by atoms with Crippen molar-refractivity contribution in [3.05, 3.63) is 73.1 Å². The van der Waals surface area contributed by atoms with Gasteiger partial charge in [0.25, 0.3) is 0 Å². The quantitative estimate of drug-likeness (QED) is 0.373. The summed E-state index contributed by atoms with van der Waals surface area (Å²) in [6.07, 6.45) is 3.63. The molecule has 0 amide bonds. The molecule has 0 aliphatic rings. The van der Waals surface area contributed by atoms with Gasteiger partial charge in [-0.3, -0.25) is 9.97 Å². The normalized spacial score (nSPS) is 11.8. The third-order valence-corrected chi connectivity index (χ3v) is 4.81. The van der Waals surface area contributed by atoms with Crippen LogP contribution < -0.4 is 0 Å². The Bertz CT molecular complexity index is 1330. The van der Waals surface area contributed by atoms with Crippen molar-refractivity contribution in [2.24, 2.45) is 0 Å². The number of nitrogens with zero attached hydrogens (tertiary/aromatic N) is 2. The highest BCUT2D eigenvalue weighted by Crippen LogP contribution is 2.39. The minimum absolute atomic E-state index is 0.765. The molecule has 6 aromatic rings. The Morgan fingerprint density at radius 2 is 1.00 bits per heavy atom. The van der Waals surface area contributed by atoms with Gasteiger partial charge in [0.2, 0.25) is 0 Å². The van der Waals surface area contributed by atoms with Crippen LogP contribution in [-0.2, 0) is 0 Å². The summed E-state index contributed by atoms with van der Waals surface area (Å²) in [5.74, 6) is 0. The van der Waals surface area contributed by atoms with E-state index >= 15 is 0 Å². The van der Waals surface area contributed by atoms with Gasteiger partial charge in [0.1, 0.15) is 22.2 Å². The molecule has 0 bridgehead atoms. The Morgan fingerprint density at radius 3 is 1.50 bits per heavy atom. The van der Waals surface area contributed by atoms with Crippen LogP contribution in [0.15, 0.2) is 81.9 Å². The first-order chi connectivity index (χ1) is 12.9. The van der Waals surface area contributed by atoms with Crippen molar-refractivity contribution in [2.75, 3.05) is 0 Å². The van der Waals surface area contributed by atoms with Gasteiger partial charge in [0.05, 0.1) is 0 Å². The van der Waals surface area contributed by atoms with Gasteiger partial charge in [-0.25, -0.2) is 0 Å². The molecule has 0 fully saturated rings. The summed E-state index contributed by atoms with van der Waals surface area (Å²) in [4.78, 5) is 9.08. The van der Waals surface area contributed by atoms with E-state index in [0.29, 0.717) is 0 Å². The number of hydrogen-bond acceptors (Lipinski definition) is 4. The van der Waals surface area contributed by atoms with Crippen molar-refractivity contribution in [3.63, 3.8) is 0 Å². The lowest BCUT2D eigenvalue weighted by atomic mass is 10.1. The van der Waals surface area contributed by atoms with Crippen molar-refractivity contribution in [1.29, 1.82) is 0 Å². The van der Waals surface area contributed by atoms with Crippen LogP contribution in [0, 0.1) is 0 Å². The molecule has 4 aromatic heterocycles. The first-order valence-corrected chi connectivity index (χ1v) is 8.43. The second-order valence-electron chi connectivity index (χ2n) is 6.27. The summed E-state index contributed by atoms with van der Waals surface area (Å²) < 4.78 is 12.3. The lowest BCUT2D eigenvalue weighted by Gasteiger charge is -2.02. The minimum atomic E-state index is 0.765. The van der Waals surface area contributed by atoms with Crippen LogP contribution in [0.3, 0.4) is 0 Å². The molecule has 4 heterocycles. The fraction of sp³-hybridized carbons (Fsp3) is 0. The number of pyridine rings is 2. The highest BCUT2D eigenvalue weighted by molar-refractivity contribution is 6.12. The van der Waals surface area contributed by atoms with Crippen LogP contribution in [0.25, 0.3) is 55.3 Å². The van der Waals surface area contributed by atoms with E-state index in [9.17, 15) is 0 Å². The monoisotopic (exact) mass is 336 g/mol. The van der Waals surface area contributed by atoms with Gasteiger partial charge < -0.3 is 8.83 Å². The van der Waals surface area contributed by atoms with Gasteiger partial charge in [-0.1, -0.05) is 24.3 Å². The van der Waals surface area contributed by atoms with E-state index in [4.69, 9.17) is 8.83 Å². The maximum absolute atomic E-state index is 6.14. The molecule has 4 heteroatoms. The van der Waals surface area contributed by atoms with E-state index in [1.54, 1.807) is 0 Å². The number of fused-ring (bicyclic) bond motifs is 6. The summed E-state index contributed by atoms with van der Waals surface area (Å²) in [6, 6.07) is 19.8. The van der Waals surface area contributed by atoms with E-state index in [2.05, 4.69) is 9.97 Å². The number of benzene rings is 2. The summed E-state index contributed by atoms with van der Waals surface area (Å²) >= 11 is 0. The van der Waals surface area contributed by atoms with Crippen molar-refractivity contribution >= 4 is 44.1 Å². The Labute approximate surface area is 147 Å². The average molecular weight is 336 g/mol. The SMILES string of the molecule is c1ccc2c(c1)oc1c(-c3ccnc4c3oc3ccccc34)ccnc12. The molecule has 0 saturated heterocycles. The van der Waals surface area contributed by atoms with Gasteiger partial charge >= 0.3 is 0 Å². The number of aromatic nitrogens is 2. The summed E-state index contributed by atoms with van der Waals surface area (Å²) in [7, 11) is 0. The number of rotatable bonds is 1. The average Bonchev–Trinajstić information content (AvgIpc) is 3.26. The Hall–Kier alpha value is -3.66. The van der Waals surface area contributed by atoms with Gasteiger partial charge in [-0.2, -0.15) is 0 Å². The zero-order valence-corrected chi connectivity index (χ0v) is 13.6. The van der Waals surface area contributed by atoms with Crippen molar-refractivity contribution < 1.29 is 8.83 Å². The minimum Gasteiger partial charge on any atom is -0.454 e. The maximum atomic E-state index is 6.14. The van der Waals surface area contributed by atoms with E-state index < -0.39 is 0 Å². The molecule has 0 spiro atoms. The van der Waals surface area contributed by atoms with Gasteiger partial charge in [0, 0.05) is 34.3 Å². The van der Waals surface area contributed by atoms with Gasteiger partial charge in [-0.15, -0.1) is 0 Å². The highest BCUT2D eigenvalue weighted by atomic mass is 16.3. The Morgan fingerprint density at radius 1 is 0.538 bits per heavy atom. The topological polar surface area (TPSA) is 52.1 Å². The maximum Gasteiger partial charge on any atom is 0.161 e. The Kier molecular flexibility index (Phi) is 2.58. The van der Waals surface area contributed by atoms with Crippen LogP contribution in [0.4, 0.5) is 0 Å². The number of para-hydroxylation sites is 2. The lowest BCUT2D eigenvalue weighted by molar-refractivity contribution is 0.664. The molecule has 0 aliphatic carbocycles. The molecule has 0 saturated carbocycles. The molecule has 2 aromatic carbocycles. The fourth-order valence-electron chi connectivity index (χ4n) is 3.63. The smallest absolute Gasteiger partial charge is 0.161 e. The second kappa shape index (κ2) is 4.92. The molecule has 4 nitrogen and oxygen atoms in total. The third-order valence-electron chi connectivity index (χ3n) is 4.81. The van der Waals surface area contributed by atoms with Gasteiger partial charge in [0.15, 0.2) is 11.2 Å². The second-order valence-corrected chi connectivity index (χ2v) is 6.27. The predicted octanol–water partition coefficient (Wildman–Crippen LogP) is 5.94. The zero-order chi connectivity index (χ0) is 17.1. The molecule has 0 atom stereocenters. The van der Waals surface area contributed by atoms with E-state index in [0.717, 1.165) is 55.3 Å². The first kappa shape index (κ1) is 13.6. The first-order valence-electron chi connectivity index (χ1n) is 8.43. The number of hydrogen-bond donors (Lipinski definition) is 0. The molecule has 26 heavy (non-hydrogen) atoms. The van der Waals surface area contributed by atoms with Crippen LogP contribution in [0.2, 0.25) is 0 Å². The summed E-state index contributed by atoms with van der Waals surface area (Å²) in [5.41, 5.74) is 6.83. The molecule has 0 aliphatic heterocycles. The van der Waals surface area contributed by atoms with E-state index in [1.165, 1.54) is 0 Å². The highest BCUT2D eigenvalue weighted by Gasteiger charge is 2.18. The van der Waals surface area contributed by atoms with Crippen LogP contribution in [-0.4, -0.2) is 9.97 Å². The van der Waals surface area contributed by atoms with Crippen molar-refractivity contribution in [2.45, 2.75) is 0 Å². The molecule has 6 rings (SSSR count). The van der Waals surface area contributed by atoms with Crippen LogP contribution in [0.5, 0.6) is 0 Å². The molecule has 0 unspecified atom stereocenters. The molecule has 0 N–H and O–H groups in total. The molecule has 0 radical (unpaired) electrons. The lowest BCUT2D eigenvalue weighted by Crippen LogP contribution is -1.84. The van der Waals surface area contributed by atoms with E-state index in [-0.39, 0.29) is 0 Å². The standard InChI is InChI=1S/C22H12N2O2/c1-3-7-17-15(5-1)19-21(25-17)13(9-11-23-19)14-10-12-24-20-16-6-2-4-8-18(16)26-22(14)20/h1-12H. The van der Waals surface area contributed by atoms with E-state index in [1.807, 2.05) is 73.1 Å². The van der Waals surface area contributed by atoms with Gasteiger partial charge in [-0.05, 0) is 36.4 Å². The summed E-state index contributed by atoms with van der Waals surface area (Å²) in [5, 5.41) is 2.03. The zero-order valence-electron chi connectivity index (χ0n) is 13.6.